The molecule has 3 N–H and O–H groups in total. The first-order valence-electron chi connectivity index (χ1n) is 10.5. The van der Waals surface area contributed by atoms with Crippen LogP contribution in [-0.2, 0) is 6.54 Å². The van der Waals surface area contributed by atoms with E-state index < -0.39 is 0 Å². The number of aliphatic imine (C=N–C) groups is 1. The molecule has 0 saturated heterocycles. The second-order valence-corrected chi connectivity index (χ2v) is 7.49. The second kappa shape index (κ2) is 13.1. The van der Waals surface area contributed by atoms with Crippen molar-refractivity contribution in [2.75, 3.05) is 20.1 Å². The van der Waals surface area contributed by atoms with Crippen molar-refractivity contribution in [1.82, 2.24) is 20.9 Å². The van der Waals surface area contributed by atoms with Gasteiger partial charge in [0, 0.05) is 44.6 Å². The molecule has 168 valence electrons. The summed E-state index contributed by atoms with van der Waals surface area (Å²) in [6, 6.07) is 9.80. The fourth-order valence-electron chi connectivity index (χ4n) is 3.46. The molecule has 31 heavy (non-hydrogen) atoms. The topological polar surface area (TPSA) is 87.6 Å². The number of halogens is 1. The zero-order chi connectivity index (χ0) is 21.2. The zero-order valence-corrected chi connectivity index (χ0v) is 20.5. The minimum absolute atomic E-state index is 0. The third kappa shape index (κ3) is 8.01. The minimum atomic E-state index is -0.138. The fourth-order valence-corrected chi connectivity index (χ4v) is 3.46. The Morgan fingerprint density at radius 1 is 1.16 bits per heavy atom. The third-order valence-electron chi connectivity index (χ3n) is 5.12. The molecule has 1 amide bonds. The van der Waals surface area contributed by atoms with E-state index in [0.29, 0.717) is 37.3 Å². The first kappa shape index (κ1) is 24.9. The van der Waals surface area contributed by atoms with E-state index in [1.165, 1.54) is 18.4 Å². The summed E-state index contributed by atoms with van der Waals surface area (Å²) in [5, 5.41) is 9.41. The number of carbonyl (C=O) groups excluding carboxylic acids is 1. The Morgan fingerprint density at radius 3 is 2.65 bits per heavy atom. The van der Waals surface area contributed by atoms with Gasteiger partial charge >= 0.3 is 0 Å². The highest BCUT2D eigenvalue weighted by Gasteiger charge is 2.18. The predicted molar refractivity (Wildman–Crippen MR) is 134 cm³/mol. The number of aryl methyl sites for hydroxylation is 1. The number of hydrogen-bond acceptors (Lipinski definition) is 4. The monoisotopic (exact) mass is 537 g/mol. The molecule has 1 aromatic heterocycles. The van der Waals surface area contributed by atoms with E-state index in [1.54, 1.807) is 31.6 Å². The van der Waals surface area contributed by atoms with Gasteiger partial charge in [0.2, 0.25) is 0 Å². The molecule has 0 unspecified atom stereocenters. The van der Waals surface area contributed by atoms with Gasteiger partial charge in [-0.15, -0.1) is 24.0 Å². The number of rotatable bonds is 8. The van der Waals surface area contributed by atoms with Crippen LogP contribution in [0.1, 0.15) is 47.2 Å². The Balaban J connectivity index is 0.00000341. The molecule has 0 atom stereocenters. The highest BCUT2D eigenvalue weighted by atomic mass is 127. The maximum atomic E-state index is 12.0. The SMILES string of the molecule is CN=C(NCCNC(=O)c1cccnc1)NCc1ccc(C)cc1OC1CCCC1.I. The van der Waals surface area contributed by atoms with Gasteiger partial charge in [-0.2, -0.15) is 0 Å². The molecule has 1 fully saturated rings. The second-order valence-electron chi connectivity index (χ2n) is 7.49. The van der Waals surface area contributed by atoms with Crippen molar-refractivity contribution in [3.8, 4) is 5.75 Å². The number of carbonyl (C=O) groups is 1. The van der Waals surface area contributed by atoms with Crippen molar-refractivity contribution in [2.45, 2.75) is 45.3 Å². The summed E-state index contributed by atoms with van der Waals surface area (Å²) in [6.07, 6.45) is 8.29. The smallest absolute Gasteiger partial charge is 0.252 e. The van der Waals surface area contributed by atoms with Crippen molar-refractivity contribution in [3.63, 3.8) is 0 Å². The number of benzene rings is 1. The molecule has 0 spiro atoms. The summed E-state index contributed by atoms with van der Waals surface area (Å²) in [5.41, 5.74) is 2.85. The number of amides is 1. The van der Waals surface area contributed by atoms with Gasteiger partial charge in [0.25, 0.3) is 5.91 Å². The Morgan fingerprint density at radius 2 is 1.94 bits per heavy atom. The van der Waals surface area contributed by atoms with E-state index in [2.05, 4.69) is 51.0 Å². The molecular weight excluding hydrogens is 505 g/mol. The first-order chi connectivity index (χ1) is 14.7. The van der Waals surface area contributed by atoms with E-state index in [4.69, 9.17) is 4.74 Å². The lowest BCUT2D eigenvalue weighted by molar-refractivity contribution is 0.0954. The van der Waals surface area contributed by atoms with Gasteiger partial charge in [-0.25, -0.2) is 0 Å². The highest BCUT2D eigenvalue weighted by Crippen LogP contribution is 2.27. The highest BCUT2D eigenvalue weighted by molar-refractivity contribution is 14.0. The molecule has 1 aliphatic rings. The lowest BCUT2D eigenvalue weighted by atomic mass is 10.1. The average molecular weight is 537 g/mol. The Kier molecular flexibility index (Phi) is 10.6. The molecule has 7 nitrogen and oxygen atoms in total. The van der Waals surface area contributed by atoms with Crippen molar-refractivity contribution in [1.29, 1.82) is 0 Å². The standard InChI is InChI=1S/C23H31N5O2.HI/c1-17-9-10-18(21(14-17)30-20-7-3-4-8-20)16-28-23(24-2)27-13-12-26-22(29)19-6-5-11-25-15-19;/h5-6,9-11,14-15,20H,3-4,7-8,12-13,16H2,1-2H3,(H,26,29)(H2,24,27,28);1H. The van der Waals surface area contributed by atoms with E-state index in [9.17, 15) is 4.79 Å². The summed E-state index contributed by atoms with van der Waals surface area (Å²) in [4.78, 5) is 20.3. The molecule has 1 saturated carbocycles. The molecule has 1 heterocycles. The van der Waals surface area contributed by atoms with Crippen molar-refractivity contribution >= 4 is 35.8 Å². The number of ether oxygens (including phenoxy) is 1. The van der Waals surface area contributed by atoms with Crippen LogP contribution in [0.15, 0.2) is 47.7 Å². The predicted octanol–water partition coefficient (Wildman–Crippen LogP) is 3.42. The maximum absolute atomic E-state index is 12.0. The average Bonchev–Trinajstić information content (AvgIpc) is 3.28. The Hall–Kier alpha value is -2.36. The molecule has 3 rings (SSSR count). The summed E-state index contributed by atoms with van der Waals surface area (Å²) in [7, 11) is 1.73. The number of nitrogens with one attached hydrogen (secondary N) is 3. The van der Waals surface area contributed by atoms with E-state index in [-0.39, 0.29) is 29.9 Å². The van der Waals surface area contributed by atoms with Crippen LogP contribution in [0.25, 0.3) is 0 Å². The molecular formula is C23H32IN5O2. The van der Waals surface area contributed by atoms with Gasteiger partial charge in [0.05, 0.1) is 11.7 Å². The molecule has 1 aromatic carbocycles. The number of aromatic nitrogens is 1. The van der Waals surface area contributed by atoms with Crippen LogP contribution in [0.4, 0.5) is 0 Å². The van der Waals surface area contributed by atoms with Crippen LogP contribution in [-0.4, -0.2) is 43.1 Å². The van der Waals surface area contributed by atoms with Crippen LogP contribution in [0.3, 0.4) is 0 Å². The largest absolute Gasteiger partial charge is 0.490 e. The van der Waals surface area contributed by atoms with Gasteiger partial charge in [0.15, 0.2) is 5.96 Å². The number of nitrogens with zero attached hydrogens (tertiary/aromatic N) is 2. The van der Waals surface area contributed by atoms with Crippen molar-refractivity contribution in [3.05, 3.63) is 59.4 Å². The maximum Gasteiger partial charge on any atom is 0.252 e. The lowest BCUT2D eigenvalue weighted by Gasteiger charge is -2.18. The van der Waals surface area contributed by atoms with Gasteiger partial charge in [-0.05, 0) is 56.4 Å². The van der Waals surface area contributed by atoms with Crippen LogP contribution >= 0.6 is 24.0 Å². The van der Waals surface area contributed by atoms with Crippen LogP contribution < -0.4 is 20.7 Å². The fraction of sp³-hybridized carbons (Fsp3) is 0.435. The van der Waals surface area contributed by atoms with Gasteiger partial charge in [0.1, 0.15) is 5.75 Å². The summed E-state index contributed by atoms with van der Waals surface area (Å²) >= 11 is 0. The van der Waals surface area contributed by atoms with Crippen molar-refractivity contribution in [2.24, 2.45) is 4.99 Å². The molecule has 2 aromatic rings. The Bertz CT molecular complexity index is 854. The molecule has 0 aliphatic heterocycles. The summed E-state index contributed by atoms with van der Waals surface area (Å²) in [6.45, 7) is 3.74. The van der Waals surface area contributed by atoms with E-state index in [0.717, 1.165) is 24.2 Å². The number of guanidine groups is 1. The normalized spacial score (nSPS) is 13.9. The number of pyridine rings is 1. The molecule has 8 heteroatoms. The third-order valence-corrected chi connectivity index (χ3v) is 5.12. The van der Waals surface area contributed by atoms with E-state index in [1.807, 2.05) is 0 Å². The summed E-state index contributed by atoms with van der Waals surface area (Å²) in [5.74, 6) is 1.49. The van der Waals surface area contributed by atoms with Crippen LogP contribution in [0.5, 0.6) is 5.75 Å². The van der Waals surface area contributed by atoms with Crippen molar-refractivity contribution < 1.29 is 9.53 Å². The Labute approximate surface area is 201 Å². The lowest BCUT2D eigenvalue weighted by Crippen LogP contribution is -2.41. The molecule has 0 bridgehead atoms. The minimum Gasteiger partial charge on any atom is -0.490 e. The summed E-state index contributed by atoms with van der Waals surface area (Å²) < 4.78 is 6.27. The van der Waals surface area contributed by atoms with Gasteiger partial charge in [-0.3, -0.25) is 14.8 Å². The van der Waals surface area contributed by atoms with Crippen LogP contribution in [0.2, 0.25) is 0 Å². The van der Waals surface area contributed by atoms with E-state index >= 15 is 0 Å². The molecule has 0 radical (unpaired) electrons. The molecule has 1 aliphatic carbocycles. The first-order valence-corrected chi connectivity index (χ1v) is 10.5. The number of hydrogen-bond donors (Lipinski definition) is 3. The van der Waals surface area contributed by atoms with Gasteiger partial charge in [-0.1, -0.05) is 12.1 Å². The van der Waals surface area contributed by atoms with Crippen LogP contribution in [0, 0.1) is 6.92 Å². The van der Waals surface area contributed by atoms with Gasteiger partial charge < -0.3 is 20.7 Å². The zero-order valence-electron chi connectivity index (χ0n) is 18.2. The quantitative estimate of drug-likeness (QED) is 0.208.